The van der Waals surface area contributed by atoms with Gasteiger partial charge in [-0.3, -0.25) is 14.4 Å². The summed E-state index contributed by atoms with van der Waals surface area (Å²) in [6, 6.07) is 1.55. The molecule has 0 aliphatic carbocycles. The zero-order valence-corrected chi connectivity index (χ0v) is 9.71. The summed E-state index contributed by atoms with van der Waals surface area (Å²) in [5.41, 5.74) is -1.24. The lowest BCUT2D eigenvalue weighted by molar-refractivity contribution is -0.135. The Hall–Kier alpha value is -2.35. The molecule has 0 aliphatic heterocycles. The SMILES string of the molecule is O=C(O)CNC(=O)c1c(O)c2ccsc2[nH]c1=O. The molecule has 0 saturated heterocycles. The van der Waals surface area contributed by atoms with Crippen molar-refractivity contribution in [1.29, 1.82) is 0 Å². The number of carbonyl (C=O) groups excluding carboxylic acids is 1. The van der Waals surface area contributed by atoms with Crippen LogP contribution >= 0.6 is 11.3 Å². The van der Waals surface area contributed by atoms with Gasteiger partial charge in [-0.05, 0) is 11.4 Å². The summed E-state index contributed by atoms with van der Waals surface area (Å²) in [7, 11) is 0. The van der Waals surface area contributed by atoms with Gasteiger partial charge in [0.25, 0.3) is 11.5 Å². The predicted octanol–water partition coefficient (Wildman–Crippen LogP) is 0.110. The summed E-state index contributed by atoms with van der Waals surface area (Å²) in [6.07, 6.45) is 0. The fourth-order valence-corrected chi connectivity index (χ4v) is 2.24. The number of carboxylic acids is 1. The first kappa shape index (κ1) is 12.1. The smallest absolute Gasteiger partial charge is 0.322 e. The van der Waals surface area contributed by atoms with Gasteiger partial charge in [0, 0.05) is 0 Å². The number of aromatic amines is 1. The van der Waals surface area contributed by atoms with Crippen molar-refractivity contribution in [3.8, 4) is 5.75 Å². The molecule has 94 valence electrons. The van der Waals surface area contributed by atoms with Gasteiger partial charge in [-0.2, -0.15) is 0 Å². The number of aromatic hydroxyl groups is 1. The van der Waals surface area contributed by atoms with Gasteiger partial charge < -0.3 is 20.5 Å². The lowest BCUT2D eigenvalue weighted by atomic mass is 10.2. The van der Waals surface area contributed by atoms with Crippen LogP contribution in [0.15, 0.2) is 16.2 Å². The number of pyridine rings is 1. The van der Waals surface area contributed by atoms with Gasteiger partial charge in [0.05, 0.1) is 5.39 Å². The van der Waals surface area contributed by atoms with E-state index in [0.29, 0.717) is 10.2 Å². The molecular formula is C10H8N2O5S. The van der Waals surface area contributed by atoms with Crippen molar-refractivity contribution in [3.05, 3.63) is 27.4 Å². The molecule has 0 fully saturated rings. The third-order valence-corrected chi connectivity index (χ3v) is 3.07. The summed E-state index contributed by atoms with van der Waals surface area (Å²) >= 11 is 1.21. The topological polar surface area (TPSA) is 119 Å². The Kier molecular flexibility index (Phi) is 3.02. The molecule has 2 aromatic heterocycles. The van der Waals surface area contributed by atoms with Crippen LogP contribution < -0.4 is 10.9 Å². The second kappa shape index (κ2) is 4.49. The zero-order chi connectivity index (χ0) is 13.3. The molecule has 7 nitrogen and oxygen atoms in total. The summed E-state index contributed by atoms with van der Waals surface area (Å²) in [4.78, 5) is 36.4. The number of nitrogens with one attached hydrogen (secondary N) is 2. The number of thiophene rings is 1. The van der Waals surface area contributed by atoms with Gasteiger partial charge in [-0.15, -0.1) is 11.3 Å². The zero-order valence-electron chi connectivity index (χ0n) is 8.89. The number of aliphatic carboxylic acids is 1. The molecule has 4 N–H and O–H groups in total. The lowest BCUT2D eigenvalue weighted by Crippen LogP contribution is -2.33. The van der Waals surface area contributed by atoms with Crippen molar-refractivity contribution in [2.75, 3.05) is 6.54 Å². The first-order valence-corrected chi connectivity index (χ1v) is 5.71. The second-order valence-electron chi connectivity index (χ2n) is 3.42. The van der Waals surface area contributed by atoms with Crippen molar-refractivity contribution in [1.82, 2.24) is 10.3 Å². The largest absolute Gasteiger partial charge is 0.506 e. The highest BCUT2D eigenvalue weighted by Crippen LogP contribution is 2.28. The highest BCUT2D eigenvalue weighted by Gasteiger charge is 2.19. The van der Waals surface area contributed by atoms with Crippen LogP contribution in [0, 0.1) is 0 Å². The van der Waals surface area contributed by atoms with E-state index in [9.17, 15) is 19.5 Å². The van der Waals surface area contributed by atoms with E-state index in [2.05, 4.69) is 4.98 Å². The number of hydrogen-bond acceptors (Lipinski definition) is 5. The Balaban J connectivity index is 2.46. The number of hydrogen-bond donors (Lipinski definition) is 4. The molecule has 0 spiro atoms. The third kappa shape index (κ3) is 2.05. The first-order valence-electron chi connectivity index (χ1n) is 4.83. The van der Waals surface area contributed by atoms with E-state index in [1.54, 1.807) is 11.4 Å². The van der Waals surface area contributed by atoms with Gasteiger partial charge in [-0.1, -0.05) is 0 Å². The quantitative estimate of drug-likeness (QED) is 0.629. The molecule has 0 radical (unpaired) electrons. The van der Waals surface area contributed by atoms with Gasteiger partial charge >= 0.3 is 5.97 Å². The lowest BCUT2D eigenvalue weighted by Gasteiger charge is -2.04. The summed E-state index contributed by atoms with van der Waals surface area (Å²) in [5, 5.41) is 22.3. The van der Waals surface area contributed by atoms with Crippen LogP contribution in [0.4, 0.5) is 0 Å². The Bertz CT molecular complexity index is 687. The minimum absolute atomic E-state index is 0.347. The van der Waals surface area contributed by atoms with Gasteiger partial charge in [-0.25, -0.2) is 0 Å². The van der Waals surface area contributed by atoms with Crippen molar-refractivity contribution < 1.29 is 19.8 Å². The molecule has 0 unspecified atom stereocenters. The second-order valence-corrected chi connectivity index (χ2v) is 4.33. The van der Waals surface area contributed by atoms with Gasteiger partial charge in [0.2, 0.25) is 0 Å². The van der Waals surface area contributed by atoms with Crippen LogP contribution in [-0.4, -0.2) is 33.6 Å². The van der Waals surface area contributed by atoms with Crippen molar-refractivity contribution in [2.24, 2.45) is 0 Å². The van der Waals surface area contributed by atoms with E-state index in [4.69, 9.17) is 5.11 Å². The Morgan fingerprint density at radius 1 is 1.44 bits per heavy atom. The summed E-state index contributed by atoms with van der Waals surface area (Å²) < 4.78 is 0. The molecule has 0 atom stereocenters. The monoisotopic (exact) mass is 268 g/mol. The van der Waals surface area contributed by atoms with Gasteiger partial charge in [0.1, 0.15) is 22.7 Å². The number of amides is 1. The highest BCUT2D eigenvalue weighted by atomic mass is 32.1. The van der Waals surface area contributed by atoms with Crippen LogP contribution in [-0.2, 0) is 4.79 Å². The Labute approximate surface area is 104 Å². The van der Waals surface area contributed by atoms with Crippen LogP contribution in [0.3, 0.4) is 0 Å². The van der Waals surface area contributed by atoms with Crippen molar-refractivity contribution in [2.45, 2.75) is 0 Å². The molecular weight excluding hydrogens is 260 g/mol. The maximum Gasteiger partial charge on any atom is 0.322 e. The minimum atomic E-state index is -1.24. The third-order valence-electron chi connectivity index (χ3n) is 2.24. The van der Waals surface area contributed by atoms with E-state index in [1.165, 1.54) is 11.3 Å². The predicted molar refractivity (Wildman–Crippen MR) is 64.1 cm³/mol. The molecule has 0 aromatic carbocycles. The molecule has 2 heterocycles. The maximum atomic E-state index is 11.6. The van der Waals surface area contributed by atoms with E-state index >= 15 is 0 Å². The average Bonchev–Trinajstić information content (AvgIpc) is 2.74. The average molecular weight is 268 g/mol. The number of aromatic nitrogens is 1. The molecule has 0 saturated carbocycles. The fraction of sp³-hybridized carbons (Fsp3) is 0.100. The van der Waals surface area contributed by atoms with Crippen LogP contribution in [0.1, 0.15) is 10.4 Å². The standard InChI is InChI=1S/C10H8N2O5S/c13-5(14)3-11-8(16)6-7(15)4-1-2-18-10(4)12-9(6)17/h1-2H,3H2,(H,11,16)(H,13,14)(H2,12,15,17). The molecule has 0 bridgehead atoms. The number of carbonyl (C=O) groups is 2. The molecule has 2 rings (SSSR count). The molecule has 1 amide bonds. The van der Waals surface area contributed by atoms with Crippen molar-refractivity contribution >= 4 is 33.4 Å². The minimum Gasteiger partial charge on any atom is -0.506 e. The molecule has 0 aliphatic rings. The van der Waals surface area contributed by atoms with E-state index in [-0.39, 0.29) is 0 Å². The van der Waals surface area contributed by atoms with Crippen molar-refractivity contribution in [3.63, 3.8) is 0 Å². The van der Waals surface area contributed by atoms with Crippen LogP contribution in [0.2, 0.25) is 0 Å². The van der Waals surface area contributed by atoms with E-state index < -0.39 is 35.3 Å². The van der Waals surface area contributed by atoms with E-state index in [0.717, 1.165) is 0 Å². The number of carboxylic acid groups (broad SMARTS) is 1. The molecule has 2 aromatic rings. The fourth-order valence-electron chi connectivity index (χ4n) is 1.46. The Morgan fingerprint density at radius 2 is 2.17 bits per heavy atom. The van der Waals surface area contributed by atoms with Crippen LogP contribution in [0.5, 0.6) is 5.75 Å². The highest BCUT2D eigenvalue weighted by molar-refractivity contribution is 7.16. The Morgan fingerprint density at radius 3 is 2.83 bits per heavy atom. The summed E-state index contributed by atoms with van der Waals surface area (Å²) in [6.45, 7) is -0.626. The number of fused-ring (bicyclic) bond motifs is 1. The maximum absolute atomic E-state index is 11.6. The normalized spacial score (nSPS) is 10.4. The van der Waals surface area contributed by atoms with Crippen LogP contribution in [0.25, 0.3) is 10.2 Å². The molecule has 18 heavy (non-hydrogen) atoms. The van der Waals surface area contributed by atoms with Gasteiger partial charge in [0.15, 0.2) is 0 Å². The van der Waals surface area contributed by atoms with E-state index in [1.807, 2.05) is 5.32 Å². The summed E-state index contributed by atoms with van der Waals surface area (Å²) in [5.74, 6) is -2.61. The molecule has 8 heteroatoms. The number of rotatable bonds is 3. The number of H-pyrrole nitrogens is 1. The first-order chi connectivity index (χ1) is 8.50.